The maximum absolute atomic E-state index is 13.0. The Morgan fingerprint density at radius 1 is 1.05 bits per heavy atom. The Kier molecular flexibility index (Phi) is 10.5. The van der Waals surface area contributed by atoms with Crippen LogP contribution in [0.1, 0.15) is 69.7 Å². The highest BCUT2D eigenvalue weighted by Gasteiger charge is 2.34. The second-order valence-corrected chi connectivity index (χ2v) is 10.7. The molecule has 3 aromatic carbocycles. The Labute approximate surface area is 257 Å². The average Bonchev–Trinajstić information content (AvgIpc) is 2.95. The topological polar surface area (TPSA) is 158 Å². The zero-order valence-corrected chi connectivity index (χ0v) is 25.9. The smallest absolute Gasteiger partial charge is 0.338 e. The number of amides is 1. The van der Waals surface area contributed by atoms with E-state index >= 15 is 0 Å². The summed E-state index contributed by atoms with van der Waals surface area (Å²) in [6, 6.07) is 11.4. The van der Waals surface area contributed by atoms with Crippen LogP contribution in [-0.2, 0) is 11.2 Å². The van der Waals surface area contributed by atoms with Crippen LogP contribution >= 0.6 is 12.4 Å². The third-order valence-electron chi connectivity index (χ3n) is 7.55. The van der Waals surface area contributed by atoms with E-state index in [9.17, 15) is 14.7 Å². The molecule has 43 heavy (non-hydrogen) atoms. The molecule has 0 spiro atoms. The quantitative estimate of drug-likeness (QED) is 0.138. The summed E-state index contributed by atoms with van der Waals surface area (Å²) >= 11 is 0. The lowest BCUT2D eigenvalue weighted by Gasteiger charge is -2.38. The van der Waals surface area contributed by atoms with Gasteiger partial charge in [0.25, 0.3) is 5.91 Å². The number of nitrogens with one attached hydrogen (secondary N) is 1. The number of phenols is 1. The largest absolute Gasteiger partial charge is 0.507 e. The molecule has 0 saturated heterocycles. The van der Waals surface area contributed by atoms with Crippen molar-refractivity contribution in [1.29, 1.82) is 0 Å². The molecule has 1 atom stereocenters. The summed E-state index contributed by atoms with van der Waals surface area (Å²) in [6.45, 7) is 10.2. The number of esters is 1. The highest BCUT2D eigenvalue weighted by molar-refractivity contribution is 6.06. The van der Waals surface area contributed by atoms with Crippen molar-refractivity contribution in [3.8, 4) is 17.2 Å². The van der Waals surface area contributed by atoms with Crippen molar-refractivity contribution < 1.29 is 28.9 Å². The van der Waals surface area contributed by atoms with Crippen molar-refractivity contribution >= 4 is 41.6 Å². The fourth-order valence-electron chi connectivity index (χ4n) is 4.98. The molecule has 1 amide bonds. The molecule has 0 saturated carbocycles. The SMILES string of the molecule is CCOC(=O)c1cc(N=C(N)N)cc(C(=O)Nc2ccc(OCCC3(C)CCc4c(C)c(O)c(C)c(C)c4O3)cc2)c1.Cl. The van der Waals surface area contributed by atoms with Crippen LogP contribution in [0.25, 0.3) is 0 Å². The van der Waals surface area contributed by atoms with E-state index in [0.29, 0.717) is 30.2 Å². The molecule has 0 aliphatic carbocycles. The maximum Gasteiger partial charge on any atom is 0.338 e. The van der Waals surface area contributed by atoms with Gasteiger partial charge in [0.05, 0.1) is 24.5 Å². The number of nitrogens with two attached hydrogens (primary N) is 2. The van der Waals surface area contributed by atoms with Crippen LogP contribution in [0.2, 0.25) is 0 Å². The van der Waals surface area contributed by atoms with Gasteiger partial charge in [-0.1, -0.05) is 0 Å². The first kappa shape index (κ1) is 33.1. The van der Waals surface area contributed by atoms with E-state index in [0.717, 1.165) is 40.8 Å². The van der Waals surface area contributed by atoms with Crippen LogP contribution in [0.5, 0.6) is 17.2 Å². The molecule has 0 aromatic heterocycles. The van der Waals surface area contributed by atoms with E-state index in [2.05, 4.69) is 17.2 Å². The van der Waals surface area contributed by atoms with Crippen LogP contribution in [0, 0.1) is 20.8 Å². The molecule has 11 heteroatoms. The van der Waals surface area contributed by atoms with Gasteiger partial charge in [0.15, 0.2) is 5.96 Å². The van der Waals surface area contributed by atoms with Gasteiger partial charge < -0.3 is 36.1 Å². The first-order valence-corrected chi connectivity index (χ1v) is 13.9. The summed E-state index contributed by atoms with van der Waals surface area (Å²) in [7, 11) is 0. The summed E-state index contributed by atoms with van der Waals surface area (Å²) < 4.78 is 17.5. The molecule has 0 bridgehead atoms. The van der Waals surface area contributed by atoms with E-state index in [1.807, 2.05) is 20.8 Å². The number of ether oxygens (including phenoxy) is 3. The molecule has 4 rings (SSSR count). The Morgan fingerprint density at radius 3 is 2.37 bits per heavy atom. The molecule has 230 valence electrons. The number of rotatable bonds is 9. The van der Waals surface area contributed by atoms with Crippen molar-refractivity contribution in [2.24, 2.45) is 16.5 Å². The number of carbonyl (C=O) groups excluding carboxylic acids is 2. The van der Waals surface area contributed by atoms with E-state index in [4.69, 9.17) is 25.7 Å². The first-order valence-electron chi connectivity index (χ1n) is 13.9. The number of benzene rings is 3. The molecule has 1 aliphatic rings. The summed E-state index contributed by atoms with van der Waals surface area (Å²) in [5, 5.41) is 13.2. The van der Waals surface area contributed by atoms with Gasteiger partial charge in [0.1, 0.15) is 22.8 Å². The van der Waals surface area contributed by atoms with E-state index < -0.39 is 17.5 Å². The molecule has 10 nitrogen and oxygen atoms in total. The van der Waals surface area contributed by atoms with Crippen LogP contribution in [0.3, 0.4) is 0 Å². The monoisotopic (exact) mass is 610 g/mol. The predicted molar refractivity (Wildman–Crippen MR) is 169 cm³/mol. The second kappa shape index (κ2) is 13.7. The number of anilines is 1. The van der Waals surface area contributed by atoms with Gasteiger partial charge in [-0.15, -0.1) is 12.4 Å². The average molecular weight is 611 g/mol. The molecule has 1 unspecified atom stereocenters. The van der Waals surface area contributed by atoms with Crippen molar-refractivity contribution in [3.63, 3.8) is 0 Å². The van der Waals surface area contributed by atoms with E-state index in [-0.39, 0.29) is 41.8 Å². The Morgan fingerprint density at radius 2 is 1.72 bits per heavy atom. The summed E-state index contributed by atoms with van der Waals surface area (Å²) in [5.74, 6) is 0.639. The number of hydrogen-bond donors (Lipinski definition) is 4. The zero-order chi connectivity index (χ0) is 30.6. The van der Waals surface area contributed by atoms with Gasteiger partial charge in [-0.25, -0.2) is 9.79 Å². The van der Waals surface area contributed by atoms with E-state index in [1.54, 1.807) is 31.2 Å². The number of nitrogens with zero attached hydrogens (tertiary/aromatic N) is 1. The van der Waals surface area contributed by atoms with Crippen LogP contribution in [0.4, 0.5) is 11.4 Å². The Bertz CT molecular complexity index is 1540. The molecule has 6 N–H and O–H groups in total. The molecule has 0 radical (unpaired) electrons. The van der Waals surface area contributed by atoms with Gasteiger partial charge in [-0.2, -0.15) is 0 Å². The summed E-state index contributed by atoms with van der Waals surface area (Å²) in [5.41, 5.74) is 15.5. The number of aromatic hydroxyl groups is 1. The normalized spacial score (nSPS) is 15.3. The van der Waals surface area contributed by atoms with Gasteiger partial charge >= 0.3 is 5.97 Å². The van der Waals surface area contributed by atoms with Gasteiger partial charge in [0.2, 0.25) is 0 Å². The second-order valence-electron chi connectivity index (χ2n) is 10.7. The lowest BCUT2D eigenvalue weighted by Crippen LogP contribution is -2.38. The number of phenolic OH excluding ortho intramolecular Hbond substituents is 1. The first-order chi connectivity index (χ1) is 19.9. The number of hydrogen-bond acceptors (Lipinski definition) is 7. The molecular formula is C32H39ClN4O6. The van der Waals surface area contributed by atoms with Crippen molar-refractivity contribution in [2.45, 2.75) is 59.5 Å². The van der Waals surface area contributed by atoms with Crippen LogP contribution in [-0.4, -0.2) is 41.8 Å². The van der Waals surface area contributed by atoms with Crippen molar-refractivity contribution in [2.75, 3.05) is 18.5 Å². The summed E-state index contributed by atoms with van der Waals surface area (Å²) in [6.07, 6.45) is 2.33. The lowest BCUT2D eigenvalue weighted by atomic mass is 9.86. The summed E-state index contributed by atoms with van der Waals surface area (Å²) in [4.78, 5) is 29.2. The molecule has 3 aromatic rings. The molecule has 0 fully saturated rings. The molecular weight excluding hydrogens is 572 g/mol. The highest BCUT2D eigenvalue weighted by Crippen LogP contribution is 2.44. The standard InChI is InChI=1S/C32H38N4O6.ClH/c1-6-40-30(39)22-15-21(16-24(17-22)36-31(33)34)29(38)35-23-7-9-25(10-8-23)41-14-13-32(5)12-11-26-20(4)27(37)18(2)19(3)28(26)42-32;/h7-10,15-17,37H,6,11-14H2,1-5H3,(H,35,38)(H4,33,34,36);1H. The van der Waals surface area contributed by atoms with Crippen molar-refractivity contribution in [1.82, 2.24) is 0 Å². The minimum Gasteiger partial charge on any atom is -0.507 e. The van der Waals surface area contributed by atoms with Crippen LogP contribution in [0.15, 0.2) is 47.5 Å². The third-order valence-corrected chi connectivity index (χ3v) is 7.55. The zero-order valence-electron chi connectivity index (χ0n) is 25.1. The molecule has 1 aliphatic heterocycles. The highest BCUT2D eigenvalue weighted by atomic mass is 35.5. The van der Waals surface area contributed by atoms with Gasteiger partial charge in [-0.3, -0.25) is 4.79 Å². The lowest BCUT2D eigenvalue weighted by molar-refractivity contribution is 0.0411. The number of fused-ring (bicyclic) bond motifs is 1. The van der Waals surface area contributed by atoms with Gasteiger partial charge in [0, 0.05) is 23.2 Å². The maximum atomic E-state index is 13.0. The predicted octanol–water partition coefficient (Wildman–Crippen LogP) is 5.63. The Balaban J connectivity index is 0.00000506. The fraction of sp³-hybridized carbons (Fsp3) is 0.344. The minimum atomic E-state index is -0.586. The van der Waals surface area contributed by atoms with Crippen molar-refractivity contribution in [3.05, 3.63) is 75.8 Å². The minimum absolute atomic E-state index is 0. The van der Waals surface area contributed by atoms with Gasteiger partial charge in [-0.05, 0) is 107 Å². The fourth-order valence-corrected chi connectivity index (χ4v) is 4.98. The Hall–Kier alpha value is -4.44. The number of halogens is 1. The third kappa shape index (κ3) is 7.70. The number of guanidine groups is 1. The van der Waals surface area contributed by atoms with Crippen LogP contribution < -0.4 is 26.3 Å². The number of carbonyl (C=O) groups is 2. The molecule has 1 heterocycles. The number of aliphatic imine (C=N–C) groups is 1. The van der Waals surface area contributed by atoms with E-state index in [1.165, 1.54) is 18.2 Å².